The van der Waals surface area contributed by atoms with Crippen LogP contribution in [0.5, 0.6) is 5.75 Å². The lowest BCUT2D eigenvalue weighted by molar-refractivity contribution is -0.141. The largest absolute Gasteiger partial charge is 0.497 e. The first-order valence-electron chi connectivity index (χ1n) is 16.2. The van der Waals surface area contributed by atoms with Crippen molar-refractivity contribution in [2.75, 3.05) is 26.7 Å². The van der Waals surface area contributed by atoms with Gasteiger partial charge in [0.05, 0.1) is 12.0 Å². The first-order chi connectivity index (χ1) is 22.8. The Morgan fingerprint density at radius 2 is 1.34 bits per heavy atom. The van der Waals surface area contributed by atoms with E-state index in [0.29, 0.717) is 44.6 Å². The fourth-order valence-electron chi connectivity index (χ4n) is 5.87. The molecule has 1 saturated heterocycles. The van der Waals surface area contributed by atoms with Gasteiger partial charge in [-0.2, -0.15) is 4.31 Å². The van der Waals surface area contributed by atoms with Crippen LogP contribution in [0.1, 0.15) is 41.5 Å². The Morgan fingerprint density at radius 3 is 1.96 bits per heavy atom. The summed E-state index contributed by atoms with van der Waals surface area (Å²) < 4.78 is 32.8. The third-order valence-corrected chi connectivity index (χ3v) is 10.5. The van der Waals surface area contributed by atoms with E-state index in [2.05, 4.69) is 5.32 Å². The zero-order chi connectivity index (χ0) is 33.1. The van der Waals surface area contributed by atoms with Crippen molar-refractivity contribution in [3.8, 4) is 5.75 Å². The predicted octanol–water partition coefficient (Wildman–Crippen LogP) is 5.41. The van der Waals surface area contributed by atoms with Gasteiger partial charge in [-0.1, -0.05) is 84.9 Å². The molecule has 1 aliphatic heterocycles. The summed E-state index contributed by atoms with van der Waals surface area (Å²) in [6, 6.07) is 33.3. The highest BCUT2D eigenvalue weighted by molar-refractivity contribution is 7.89. The van der Waals surface area contributed by atoms with Crippen LogP contribution < -0.4 is 10.1 Å². The summed E-state index contributed by atoms with van der Waals surface area (Å²) >= 11 is 0. The summed E-state index contributed by atoms with van der Waals surface area (Å²) in [5.41, 5.74) is 3.82. The van der Waals surface area contributed by atoms with Crippen LogP contribution >= 0.6 is 0 Å². The van der Waals surface area contributed by atoms with E-state index in [4.69, 9.17) is 4.74 Å². The minimum absolute atomic E-state index is 0.159. The molecule has 0 radical (unpaired) electrons. The zero-order valence-corrected chi connectivity index (χ0v) is 27.7. The van der Waals surface area contributed by atoms with Gasteiger partial charge in [0.1, 0.15) is 11.8 Å². The van der Waals surface area contributed by atoms with Crippen molar-refractivity contribution in [2.45, 2.75) is 56.0 Å². The molecule has 0 spiro atoms. The smallest absolute Gasteiger partial charge is 0.243 e. The van der Waals surface area contributed by atoms with Crippen molar-refractivity contribution in [1.82, 2.24) is 14.5 Å². The minimum atomic E-state index is -3.51. The van der Waals surface area contributed by atoms with Crippen LogP contribution in [0, 0.1) is 0 Å². The zero-order valence-electron chi connectivity index (χ0n) is 26.9. The number of hydrogen-bond donors (Lipinski definition) is 1. The summed E-state index contributed by atoms with van der Waals surface area (Å²) in [5, 5.41) is 3.09. The van der Waals surface area contributed by atoms with Crippen LogP contribution in [0.2, 0.25) is 0 Å². The van der Waals surface area contributed by atoms with Gasteiger partial charge in [-0.05, 0) is 72.2 Å². The van der Waals surface area contributed by atoms with E-state index in [9.17, 15) is 18.0 Å². The Morgan fingerprint density at radius 1 is 0.766 bits per heavy atom. The standard InChI is InChI=1S/C38H43N3O5S/c1-46-34-19-14-33(15-20-34)29-41(37(42)23-18-31-16-21-35(22-17-31)47(44,45)40-26-8-9-27-40)36(28-32-12-6-3-7-13-32)38(43)39-25-24-30-10-4-2-5-11-30/h2-7,10-17,19-22,36H,8-9,18,23-29H2,1H3,(H,39,43). The summed E-state index contributed by atoms with van der Waals surface area (Å²) in [6.07, 6.45) is 3.38. The van der Waals surface area contributed by atoms with Crippen LogP contribution in [-0.4, -0.2) is 62.2 Å². The number of hydrogen-bond acceptors (Lipinski definition) is 5. The summed E-state index contributed by atoms with van der Waals surface area (Å²) in [7, 11) is -1.91. The summed E-state index contributed by atoms with van der Waals surface area (Å²) in [6.45, 7) is 1.80. The monoisotopic (exact) mass is 653 g/mol. The van der Waals surface area contributed by atoms with Gasteiger partial charge in [-0.3, -0.25) is 9.59 Å². The number of nitrogens with zero attached hydrogens (tertiary/aromatic N) is 2. The lowest BCUT2D eigenvalue weighted by Crippen LogP contribution is -2.50. The quantitative estimate of drug-likeness (QED) is 0.185. The van der Waals surface area contributed by atoms with Crippen LogP contribution in [-0.2, 0) is 45.4 Å². The van der Waals surface area contributed by atoms with E-state index in [1.165, 1.54) is 4.31 Å². The van der Waals surface area contributed by atoms with Gasteiger partial charge >= 0.3 is 0 Å². The second-order valence-electron chi connectivity index (χ2n) is 11.9. The first kappa shape index (κ1) is 33.9. The Bertz CT molecular complexity index is 1690. The van der Waals surface area contributed by atoms with Gasteiger partial charge in [0.25, 0.3) is 0 Å². The van der Waals surface area contributed by atoms with Crippen molar-refractivity contribution in [2.24, 2.45) is 0 Å². The lowest BCUT2D eigenvalue weighted by Gasteiger charge is -2.32. The molecule has 0 aromatic heterocycles. The van der Waals surface area contributed by atoms with Crippen LogP contribution in [0.15, 0.2) is 114 Å². The molecule has 1 atom stereocenters. The Hall–Kier alpha value is -4.47. The molecule has 0 aliphatic carbocycles. The SMILES string of the molecule is COc1ccc(CN(C(=O)CCc2ccc(S(=O)(=O)N3CCCC3)cc2)C(Cc2ccccc2)C(=O)NCCc2ccccc2)cc1. The molecule has 1 aliphatic rings. The third kappa shape index (κ3) is 9.30. The molecular weight excluding hydrogens is 611 g/mol. The molecule has 2 amide bonds. The van der Waals surface area contributed by atoms with Crippen molar-refractivity contribution in [1.29, 1.82) is 0 Å². The second-order valence-corrected chi connectivity index (χ2v) is 13.8. The Balaban J connectivity index is 1.35. The van der Waals surface area contributed by atoms with Crippen LogP contribution in [0.4, 0.5) is 0 Å². The maximum absolute atomic E-state index is 14.1. The van der Waals surface area contributed by atoms with Gasteiger partial charge in [-0.15, -0.1) is 0 Å². The van der Waals surface area contributed by atoms with Crippen molar-refractivity contribution >= 4 is 21.8 Å². The molecule has 4 aromatic carbocycles. The fourth-order valence-corrected chi connectivity index (χ4v) is 7.39. The number of amides is 2. The first-order valence-corrected chi connectivity index (χ1v) is 17.6. The van der Waals surface area contributed by atoms with Crippen molar-refractivity contribution in [3.05, 3.63) is 131 Å². The number of sulfonamides is 1. The van der Waals surface area contributed by atoms with Crippen molar-refractivity contribution < 1.29 is 22.7 Å². The number of ether oxygens (including phenoxy) is 1. The molecule has 1 N–H and O–H groups in total. The van der Waals surface area contributed by atoms with E-state index in [0.717, 1.165) is 35.1 Å². The van der Waals surface area contributed by atoms with E-state index in [1.54, 1.807) is 36.3 Å². The number of nitrogens with one attached hydrogen (secondary N) is 1. The number of rotatable bonds is 15. The van der Waals surface area contributed by atoms with Gasteiger partial charge in [-0.25, -0.2) is 8.42 Å². The lowest BCUT2D eigenvalue weighted by atomic mass is 10.0. The van der Waals surface area contributed by atoms with Crippen LogP contribution in [0.25, 0.3) is 0 Å². The number of benzene rings is 4. The number of methoxy groups -OCH3 is 1. The van der Waals surface area contributed by atoms with E-state index < -0.39 is 16.1 Å². The number of carbonyl (C=O) groups excluding carboxylic acids is 2. The maximum atomic E-state index is 14.1. The molecule has 246 valence electrons. The minimum Gasteiger partial charge on any atom is -0.497 e. The predicted molar refractivity (Wildman–Crippen MR) is 183 cm³/mol. The normalized spacial score (nSPS) is 14.0. The number of carbonyl (C=O) groups is 2. The Kier molecular flexibility index (Phi) is 11.8. The molecule has 0 saturated carbocycles. The molecule has 5 rings (SSSR count). The molecular formula is C38H43N3O5S. The molecule has 47 heavy (non-hydrogen) atoms. The average Bonchev–Trinajstić information content (AvgIpc) is 3.67. The highest BCUT2D eigenvalue weighted by Gasteiger charge is 2.30. The second kappa shape index (κ2) is 16.4. The molecule has 8 nitrogen and oxygen atoms in total. The molecule has 1 heterocycles. The molecule has 0 bridgehead atoms. The average molecular weight is 654 g/mol. The van der Waals surface area contributed by atoms with Gasteiger partial charge in [0.15, 0.2) is 0 Å². The van der Waals surface area contributed by atoms with Gasteiger partial charge in [0.2, 0.25) is 21.8 Å². The fraction of sp³-hybridized carbons (Fsp3) is 0.316. The molecule has 4 aromatic rings. The van der Waals surface area contributed by atoms with E-state index in [-0.39, 0.29) is 29.7 Å². The number of aryl methyl sites for hydroxylation is 1. The maximum Gasteiger partial charge on any atom is 0.243 e. The molecule has 1 fully saturated rings. The van der Waals surface area contributed by atoms with E-state index >= 15 is 0 Å². The highest BCUT2D eigenvalue weighted by Crippen LogP contribution is 2.23. The Labute approximate surface area is 278 Å². The van der Waals surface area contributed by atoms with Crippen molar-refractivity contribution in [3.63, 3.8) is 0 Å². The topological polar surface area (TPSA) is 96.0 Å². The highest BCUT2D eigenvalue weighted by atomic mass is 32.2. The summed E-state index contributed by atoms with van der Waals surface area (Å²) in [4.78, 5) is 29.9. The molecule has 1 unspecified atom stereocenters. The molecule has 9 heteroatoms. The van der Waals surface area contributed by atoms with Gasteiger partial charge in [0, 0.05) is 39.0 Å². The third-order valence-electron chi connectivity index (χ3n) is 8.59. The van der Waals surface area contributed by atoms with Crippen LogP contribution in [0.3, 0.4) is 0 Å². The summed E-state index contributed by atoms with van der Waals surface area (Å²) in [5.74, 6) is 0.346. The van der Waals surface area contributed by atoms with Gasteiger partial charge < -0.3 is 15.0 Å². The van der Waals surface area contributed by atoms with E-state index in [1.807, 2.05) is 84.9 Å².